The largest absolute Gasteiger partial charge is 0.493 e. The Bertz CT molecular complexity index is 940. The van der Waals surface area contributed by atoms with Gasteiger partial charge in [-0.1, -0.05) is 29.8 Å². The number of carbonyl (C=O) groups excluding carboxylic acids is 1. The zero-order chi connectivity index (χ0) is 18.6. The normalized spacial score (nSPS) is 13.4. The number of nitrogens with one attached hydrogen (secondary N) is 1. The zero-order valence-corrected chi connectivity index (χ0v) is 15.3. The van der Waals surface area contributed by atoms with Crippen LogP contribution >= 0.6 is 11.6 Å². The van der Waals surface area contributed by atoms with E-state index < -0.39 is 0 Å². The maximum Gasteiger partial charge on any atom is 0.227 e. The number of anilines is 1. The fraction of sp³-hybridized carbons (Fsp3) is 0.263. The first-order valence-corrected chi connectivity index (χ1v) is 9.14. The molecular formula is C19H18ClN5O2. The summed E-state index contributed by atoms with van der Waals surface area (Å²) >= 11 is 6.32. The number of nitrogens with zero attached hydrogens (tertiary/aromatic N) is 4. The highest BCUT2D eigenvalue weighted by molar-refractivity contribution is 6.32. The van der Waals surface area contributed by atoms with Crippen LogP contribution in [0.15, 0.2) is 48.5 Å². The van der Waals surface area contributed by atoms with Crippen LogP contribution in [0.5, 0.6) is 5.75 Å². The van der Waals surface area contributed by atoms with Crippen molar-refractivity contribution in [3.8, 4) is 11.4 Å². The van der Waals surface area contributed by atoms with Gasteiger partial charge in [0.05, 0.1) is 23.7 Å². The van der Waals surface area contributed by atoms with E-state index in [2.05, 4.69) is 20.8 Å². The van der Waals surface area contributed by atoms with Crippen molar-refractivity contribution >= 4 is 23.2 Å². The van der Waals surface area contributed by atoms with Crippen LogP contribution in [0.3, 0.4) is 0 Å². The number of benzene rings is 2. The molecule has 0 radical (unpaired) electrons. The molecule has 0 aliphatic heterocycles. The molecule has 0 spiro atoms. The topological polar surface area (TPSA) is 81.9 Å². The molecule has 0 atom stereocenters. The van der Waals surface area contributed by atoms with Crippen LogP contribution < -0.4 is 10.1 Å². The third-order valence-electron chi connectivity index (χ3n) is 4.24. The van der Waals surface area contributed by atoms with Crippen molar-refractivity contribution in [1.29, 1.82) is 0 Å². The summed E-state index contributed by atoms with van der Waals surface area (Å²) in [5.74, 6) is 1.78. The molecule has 8 heteroatoms. The lowest BCUT2D eigenvalue weighted by Crippen LogP contribution is -2.15. The summed E-state index contributed by atoms with van der Waals surface area (Å²) in [6, 6.07) is 14.7. The SMILES string of the molecule is O=C(CCOc1ccccc1)Nc1ccc(Cl)c(-n2nnnc2C2CC2)c1. The van der Waals surface area contributed by atoms with Gasteiger partial charge in [0.25, 0.3) is 0 Å². The van der Waals surface area contributed by atoms with E-state index in [1.165, 1.54) is 0 Å². The van der Waals surface area contributed by atoms with E-state index in [4.69, 9.17) is 16.3 Å². The molecule has 2 aromatic carbocycles. The number of rotatable bonds is 7. The summed E-state index contributed by atoms with van der Waals surface area (Å²) < 4.78 is 7.20. The number of amides is 1. The fourth-order valence-electron chi connectivity index (χ4n) is 2.72. The number of hydrogen-bond acceptors (Lipinski definition) is 5. The molecule has 3 aromatic rings. The summed E-state index contributed by atoms with van der Waals surface area (Å²) in [6.07, 6.45) is 2.40. The maximum absolute atomic E-state index is 12.2. The van der Waals surface area contributed by atoms with Crippen LogP contribution in [0.4, 0.5) is 5.69 Å². The molecule has 1 saturated carbocycles. The number of tetrazole rings is 1. The summed E-state index contributed by atoms with van der Waals surface area (Å²) in [5.41, 5.74) is 1.29. The van der Waals surface area contributed by atoms with Crippen LogP contribution in [0.25, 0.3) is 5.69 Å². The molecule has 1 aliphatic carbocycles. The molecule has 138 valence electrons. The van der Waals surface area contributed by atoms with E-state index >= 15 is 0 Å². The standard InChI is InChI=1S/C19H18ClN5O2/c20-16-9-8-14(12-17(16)25-19(13-6-7-13)22-23-24-25)21-18(26)10-11-27-15-4-2-1-3-5-15/h1-5,8-9,12-13H,6-7,10-11H2,(H,21,26). The van der Waals surface area contributed by atoms with Crippen molar-refractivity contribution in [2.75, 3.05) is 11.9 Å². The highest BCUT2D eigenvalue weighted by atomic mass is 35.5. The van der Waals surface area contributed by atoms with Crippen molar-refractivity contribution in [3.05, 3.63) is 59.4 Å². The Hall–Kier alpha value is -2.93. The number of para-hydroxylation sites is 1. The number of aromatic nitrogens is 4. The van der Waals surface area contributed by atoms with Crippen LogP contribution in [0.1, 0.15) is 31.0 Å². The highest BCUT2D eigenvalue weighted by Crippen LogP contribution is 2.39. The van der Waals surface area contributed by atoms with Gasteiger partial charge >= 0.3 is 0 Å². The van der Waals surface area contributed by atoms with Crippen LogP contribution in [-0.4, -0.2) is 32.7 Å². The minimum Gasteiger partial charge on any atom is -0.493 e. The van der Waals surface area contributed by atoms with Gasteiger partial charge in [0, 0.05) is 11.6 Å². The van der Waals surface area contributed by atoms with Crippen LogP contribution in [-0.2, 0) is 4.79 Å². The molecule has 1 fully saturated rings. The second kappa shape index (κ2) is 7.75. The summed E-state index contributed by atoms with van der Waals surface area (Å²) in [4.78, 5) is 12.2. The predicted molar refractivity (Wildman–Crippen MR) is 101 cm³/mol. The van der Waals surface area contributed by atoms with Gasteiger partial charge in [-0.3, -0.25) is 4.79 Å². The number of carbonyl (C=O) groups is 1. The summed E-state index contributed by atoms with van der Waals surface area (Å²) in [7, 11) is 0. The van der Waals surface area contributed by atoms with Crippen molar-refractivity contribution in [2.24, 2.45) is 0 Å². The number of halogens is 1. The Morgan fingerprint density at radius 3 is 2.81 bits per heavy atom. The van der Waals surface area contributed by atoms with E-state index in [1.54, 1.807) is 22.9 Å². The first kappa shape index (κ1) is 17.5. The van der Waals surface area contributed by atoms with Crippen LogP contribution in [0, 0.1) is 0 Å². The maximum atomic E-state index is 12.2. The highest BCUT2D eigenvalue weighted by Gasteiger charge is 2.30. The van der Waals surface area contributed by atoms with E-state index in [1.807, 2.05) is 30.3 Å². The first-order chi connectivity index (χ1) is 13.2. The van der Waals surface area contributed by atoms with Gasteiger partial charge in [-0.15, -0.1) is 5.10 Å². The molecule has 0 bridgehead atoms. The quantitative estimate of drug-likeness (QED) is 0.674. The number of hydrogen-bond donors (Lipinski definition) is 1. The lowest BCUT2D eigenvalue weighted by molar-refractivity contribution is -0.116. The molecule has 1 N–H and O–H groups in total. The molecule has 1 amide bonds. The lowest BCUT2D eigenvalue weighted by Gasteiger charge is -2.10. The minimum atomic E-state index is -0.140. The van der Waals surface area contributed by atoms with Gasteiger partial charge in [-0.05, 0) is 53.6 Å². The molecule has 27 heavy (non-hydrogen) atoms. The summed E-state index contributed by atoms with van der Waals surface area (Å²) in [6.45, 7) is 0.301. The van der Waals surface area contributed by atoms with Gasteiger partial charge in [0.2, 0.25) is 5.91 Å². The van der Waals surface area contributed by atoms with Crippen molar-refractivity contribution in [3.63, 3.8) is 0 Å². The third-order valence-corrected chi connectivity index (χ3v) is 4.55. The van der Waals surface area contributed by atoms with E-state index in [9.17, 15) is 4.79 Å². The van der Waals surface area contributed by atoms with Gasteiger partial charge in [-0.25, -0.2) is 0 Å². The molecule has 0 unspecified atom stereocenters. The zero-order valence-electron chi connectivity index (χ0n) is 14.5. The van der Waals surface area contributed by atoms with Crippen LogP contribution in [0.2, 0.25) is 5.02 Å². The lowest BCUT2D eigenvalue weighted by atomic mass is 10.2. The Labute approximate surface area is 161 Å². The van der Waals surface area contributed by atoms with Crippen molar-refractivity contribution < 1.29 is 9.53 Å². The smallest absolute Gasteiger partial charge is 0.227 e. The van der Waals surface area contributed by atoms with E-state index in [-0.39, 0.29) is 12.3 Å². The minimum absolute atomic E-state index is 0.140. The average Bonchev–Trinajstić information content (AvgIpc) is 3.41. The van der Waals surface area contributed by atoms with Gasteiger partial charge in [0.15, 0.2) is 5.82 Å². The number of ether oxygens (including phenoxy) is 1. The van der Waals surface area contributed by atoms with Crippen molar-refractivity contribution in [1.82, 2.24) is 20.2 Å². The second-order valence-electron chi connectivity index (χ2n) is 6.35. The molecule has 7 nitrogen and oxygen atoms in total. The van der Waals surface area contributed by atoms with Gasteiger partial charge in [0.1, 0.15) is 5.75 Å². The van der Waals surface area contributed by atoms with E-state index in [0.717, 1.165) is 24.4 Å². The molecule has 1 heterocycles. The van der Waals surface area contributed by atoms with Gasteiger partial charge in [-0.2, -0.15) is 4.68 Å². The molecule has 1 aromatic heterocycles. The molecule has 0 saturated heterocycles. The predicted octanol–water partition coefficient (Wildman–Crippen LogP) is 3.60. The Kier molecular flexibility index (Phi) is 5.02. The van der Waals surface area contributed by atoms with E-state index in [0.29, 0.717) is 28.9 Å². The Morgan fingerprint density at radius 1 is 1.22 bits per heavy atom. The fourth-order valence-corrected chi connectivity index (χ4v) is 2.91. The molecular weight excluding hydrogens is 366 g/mol. The summed E-state index contributed by atoms with van der Waals surface area (Å²) in [5, 5.41) is 15.3. The third kappa shape index (κ3) is 4.25. The Balaban J connectivity index is 1.40. The molecule has 1 aliphatic rings. The first-order valence-electron chi connectivity index (χ1n) is 8.76. The van der Waals surface area contributed by atoms with Gasteiger partial charge < -0.3 is 10.1 Å². The monoisotopic (exact) mass is 383 g/mol. The Morgan fingerprint density at radius 2 is 2.04 bits per heavy atom. The molecule has 4 rings (SSSR count). The van der Waals surface area contributed by atoms with Crippen molar-refractivity contribution in [2.45, 2.75) is 25.2 Å². The average molecular weight is 384 g/mol. The second-order valence-corrected chi connectivity index (χ2v) is 6.76.